The fourth-order valence-electron chi connectivity index (χ4n) is 2.89. The largest absolute Gasteiger partial charge is 0.490 e. The van der Waals surface area contributed by atoms with Crippen molar-refractivity contribution in [3.8, 4) is 16.9 Å². The molecule has 2 N–H and O–H groups in total. The minimum atomic E-state index is -0.941. The van der Waals surface area contributed by atoms with E-state index >= 15 is 0 Å². The topological polar surface area (TPSA) is 87.1 Å². The van der Waals surface area contributed by atoms with Crippen molar-refractivity contribution in [3.63, 3.8) is 0 Å². The van der Waals surface area contributed by atoms with Gasteiger partial charge in [0.15, 0.2) is 0 Å². The van der Waals surface area contributed by atoms with Gasteiger partial charge in [0.1, 0.15) is 11.9 Å². The maximum Gasteiger partial charge on any atom is 0.407 e. The Kier molecular flexibility index (Phi) is 4.88. The van der Waals surface area contributed by atoms with Gasteiger partial charge in [-0.15, -0.1) is 0 Å². The highest BCUT2D eigenvalue weighted by Crippen LogP contribution is 2.25. The van der Waals surface area contributed by atoms with Gasteiger partial charge in [-0.2, -0.15) is 0 Å². The highest BCUT2D eigenvalue weighted by molar-refractivity contribution is 5.88. The Morgan fingerprint density at radius 1 is 0.880 bits per heavy atom. The molecule has 0 spiro atoms. The van der Waals surface area contributed by atoms with Crippen molar-refractivity contribution < 1.29 is 24.5 Å². The molecule has 0 aromatic heterocycles. The average Bonchev–Trinajstić information content (AvgIpc) is 2.63. The molecule has 1 amide bonds. The molecule has 3 rings (SSSR count). The first-order valence-corrected chi connectivity index (χ1v) is 8.11. The molecule has 1 saturated heterocycles. The van der Waals surface area contributed by atoms with Crippen molar-refractivity contribution in [2.45, 2.75) is 18.9 Å². The molecular formula is C19H19NO5. The molecular weight excluding hydrogens is 322 g/mol. The Morgan fingerprint density at radius 2 is 1.40 bits per heavy atom. The molecule has 1 aliphatic heterocycles. The fourth-order valence-corrected chi connectivity index (χ4v) is 2.89. The molecule has 130 valence electrons. The standard InChI is InChI=1S/C19H19NO5/c21-18(22)15-3-1-13(2-4-15)14-5-7-16(8-6-14)25-17-9-11-20(12-10-17)19(23)24/h1-8,17H,9-12H2,(H,21,22)(H,23,24). The van der Waals surface area contributed by atoms with Crippen LogP contribution in [0, 0.1) is 0 Å². The molecule has 2 aromatic carbocycles. The molecule has 6 heteroatoms. The molecule has 25 heavy (non-hydrogen) atoms. The van der Waals surface area contributed by atoms with E-state index in [2.05, 4.69) is 0 Å². The highest BCUT2D eigenvalue weighted by atomic mass is 16.5. The number of benzene rings is 2. The van der Waals surface area contributed by atoms with Crippen LogP contribution in [0.2, 0.25) is 0 Å². The lowest BCUT2D eigenvalue weighted by Gasteiger charge is -2.30. The summed E-state index contributed by atoms with van der Waals surface area (Å²) in [5, 5.41) is 17.9. The summed E-state index contributed by atoms with van der Waals surface area (Å²) in [5.41, 5.74) is 2.17. The molecule has 1 heterocycles. The first-order valence-electron chi connectivity index (χ1n) is 8.11. The first kappa shape index (κ1) is 16.8. The van der Waals surface area contributed by atoms with Gasteiger partial charge in [0.2, 0.25) is 0 Å². The zero-order chi connectivity index (χ0) is 17.8. The van der Waals surface area contributed by atoms with E-state index < -0.39 is 12.1 Å². The van der Waals surface area contributed by atoms with E-state index in [1.54, 1.807) is 24.3 Å². The van der Waals surface area contributed by atoms with Crippen LogP contribution in [0.4, 0.5) is 4.79 Å². The number of carboxylic acids is 1. The van der Waals surface area contributed by atoms with Crippen LogP contribution in [0.25, 0.3) is 11.1 Å². The second kappa shape index (κ2) is 7.25. The monoisotopic (exact) mass is 341 g/mol. The summed E-state index contributed by atoms with van der Waals surface area (Å²) in [6.07, 6.45) is 0.517. The van der Waals surface area contributed by atoms with Gasteiger partial charge in [0, 0.05) is 25.9 Å². The van der Waals surface area contributed by atoms with Crippen molar-refractivity contribution in [1.82, 2.24) is 4.90 Å². The summed E-state index contributed by atoms with van der Waals surface area (Å²) in [6.45, 7) is 0.988. The summed E-state index contributed by atoms with van der Waals surface area (Å²) in [5.74, 6) is -0.191. The van der Waals surface area contributed by atoms with Crippen molar-refractivity contribution in [2.24, 2.45) is 0 Å². The van der Waals surface area contributed by atoms with Gasteiger partial charge < -0.3 is 19.8 Å². The molecule has 0 aliphatic carbocycles. The number of amides is 1. The van der Waals surface area contributed by atoms with Crippen LogP contribution in [0.1, 0.15) is 23.2 Å². The van der Waals surface area contributed by atoms with Gasteiger partial charge in [0.25, 0.3) is 0 Å². The fraction of sp³-hybridized carbons (Fsp3) is 0.263. The Labute approximate surface area is 145 Å². The van der Waals surface area contributed by atoms with Crippen LogP contribution in [0.5, 0.6) is 5.75 Å². The van der Waals surface area contributed by atoms with E-state index in [4.69, 9.17) is 14.9 Å². The second-order valence-corrected chi connectivity index (χ2v) is 5.99. The molecule has 6 nitrogen and oxygen atoms in total. The van der Waals surface area contributed by atoms with E-state index in [0.717, 1.165) is 16.9 Å². The zero-order valence-corrected chi connectivity index (χ0v) is 13.6. The molecule has 0 bridgehead atoms. The number of piperidine rings is 1. The van der Waals surface area contributed by atoms with Gasteiger partial charge in [-0.1, -0.05) is 24.3 Å². The number of hydrogen-bond donors (Lipinski definition) is 2. The van der Waals surface area contributed by atoms with Crippen LogP contribution in [0.15, 0.2) is 48.5 Å². The molecule has 0 atom stereocenters. The normalized spacial score (nSPS) is 15.0. The zero-order valence-electron chi connectivity index (χ0n) is 13.6. The molecule has 0 saturated carbocycles. The van der Waals surface area contributed by atoms with Gasteiger partial charge in [-0.05, 0) is 35.4 Å². The minimum Gasteiger partial charge on any atom is -0.490 e. The summed E-state index contributed by atoms with van der Waals surface area (Å²) in [4.78, 5) is 23.2. The number of rotatable bonds is 4. The Bertz CT molecular complexity index is 746. The molecule has 0 radical (unpaired) electrons. The van der Waals surface area contributed by atoms with Crippen molar-refractivity contribution in [2.75, 3.05) is 13.1 Å². The number of nitrogens with zero attached hydrogens (tertiary/aromatic N) is 1. The van der Waals surface area contributed by atoms with Gasteiger partial charge in [0.05, 0.1) is 5.56 Å². The van der Waals surface area contributed by atoms with Crippen LogP contribution >= 0.6 is 0 Å². The minimum absolute atomic E-state index is 0.0244. The maximum atomic E-state index is 10.9. The molecule has 0 unspecified atom stereocenters. The molecule has 1 fully saturated rings. The molecule has 1 aliphatic rings. The third-order valence-electron chi connectivity index (χ3n) is 4.33. The first-order chi connectivity index (χ1) is 12.0. The Morgan fingerprint density at radius 3 is 1.88 bits per heavy atom. The number of ether oxygens (including phenoxy) is 1. The number of likely N-dealkylation sites (tertiary alicyclic amines) is 1. The predicted molar refractivity (Wildman–Crippen MR) is 92.1 cm³/mol. The summed E-state index contributed by atoms with van der Waals surface area (Å²) >= 11 is 0. The number of hydrogen-bond acceptors (Lipinski definition) is 3. The Balaban J connectivity index is 1.61. The van der Waals surface area contributed by atoms with Crippen LogP contribution in [0.3, 0.4) is 0 Å². The van der Waals surface area contributed by atoms with E-state index in [1.807, 2.05) is 24.3 Å². The average molecular weight is 341 g/mol. The summed E-state index contributed by atoms with van der Waals surface area (Å²) in [6, 6.07) is 14.3. The summed E-state index contributed by atoms with van der Waals surface area (Å²) < 4.78 is 5.93. The maximum absolute atomic E-state index is 10.9. The van der Waals surface area contributed by atoms with Gasteiger partial charge in [-0.3, -0.25) is 0 Å². The Hall–Kier alpha value is -3.02. The highest BCUT2D eigenvalue weighted by Gasteiger charge is 2.23. The van der Waals surface area contributed by atoms with Gasteiger partial charge in [-0.25, -0.2) is 9.59 Å². The smallest absolute Gasteiger partial charge is 0.407 e. The van der Waals surface area contributed by atoms with Crippen LogP contribution < -0.4 is 4.74 Å². The summed E-state index contributed by atoms with van der Waals surface area (Å²) in [7, 11) is 0. The van der Waals surface area contributed by atoms with Crippen molar-refractivity contribution in [3.05, 3.63) is 54.1 Å². The quantitative estimate of drug-likeness (QED) is 0.888. The lowest BCUT2D eigenvalue weighted by molar-refractivity contribution is 0.0696. The van der Waals surface area contributed by atoms with Gasteiger partial charge >= 0.3 is 12.1 Å². The lowest BCUT2D eigenvalue weighted by atomic mass is 10.0. The number of carboxylic acid groups (broad SMARTS) is 2. The van der Waals surface area contributed by atoms with Crippen molar-refractivity contribution >= 4 is 12.1 Å². The third kappa shape index (κ3) is 4.09. The number of carbonyl (C=O) groups is 2. The second-order valence-electron chi connectivity index (χ2n) is 5.99. The third-order valence-corrected chi connectivity index (χ3v) is 4.33. The number of aromatic carboxylic acids is 1. The SMILES string of the molecule is O=C(O)c1ccc(-c2ccc(OC3CCN(C(=O)O)CC3)cc2)cc1. The van der Waals surface area contributed by atoms with E-state index in [0.29, 0.717) is 25.9 Å². The molecule has 2 aromatic rings. The van der Waals surface area contributed by atoms with Crippen LogP contribution in [-0.2, 0) is 0 Å². The van der Waals surface area contributed by atoms with E-state index in [-0.39, 0.29) is 11.7 Å². The lowest BCUT2D eigenvalue weighted by Crippen LogP contribution is -2.41. The van der Waals surface area contributed by atoms with Crippen molar-refractivity contribution in [1.29, 1.82) is 0 Å². The predicted octanol–water partition coefficient (Wildman–Crippen LogP) is 3.57. The van der Waals surface area contributed by atoms with E-state index in [9.17, 15) is 9.59 Å². The van der Waals surface area contributed by atoms with E-state index in [1.165, 1.54) is 4.90 Å². The van der Waals surface area contributed by atoms with Crippen LogP contribution in [-0.4, -0.2) is 46.4 Å².